The Labute approximate surface area is 121 Å². The van der Waals surface area contributed by atoms with E-state index < -0.39 is 12.6 Å². The van der Waals surface area contributed by atoms with E-state index in [-0.39, 0.29) is 29.5 Å². The highest BCUT2D eigenvalue weighted by Crippen LogP contribution is 2.28. The zero-order valence-corrected chi connectivity index (χ0v) is 12.7. The minimum Gasteiger partial charge on any atom is -0.477 e. The highest BCUT2D eigenvalue weighted by atomic mass is 35.5. The normalized spacial score (nSPS) is 12.6. The molecule has 0 bridgehead atoms. The molecule has 7 heteroatoms. The monoisotopic (exact) mass is 310 g/mol. The van der Waals surface area contributed by atoms with Crippen LogP contribution in [0.3, 0.4) is 0 Å². The van der Waals surface area contributed by atoms with Crippen LogP contribution in [-0.4, -0.2) is 22.8 Å². The van der Waals surface area contributed by atoms with Crippen molar-refractivity contribution >= 4 is 11.6 Å². The molecule has 1 heterocycles. The summed E-state index contributed by atoms with van der Waals surface area (Å²) in [5, 5.41) is 0.260. The number of rotatable bonds is 4. The van der Waals surface area contributed by atoms with Crippen LogP contribution in [0.1, 0.15) is 45.0 Å². The number of hydrogen-bond donors (Lipinski definition) is 0. The summed E-state index contributed by atoms with van der Waals surface area (Å²) < 4.78 is 41.4. The predicted octanol–water partition coefficient (Wildman–Crippen LogP) is 4.46. The molecule has 0 fully saturated rings. The summed E-state index contributed by atoms with van der Waals surface area (Å²) in [6, 6.07) is 0. The Bertz CT molecular complexity index is 470. The third-order valence-corrected chi connectivity index (χ3v) is 2.92. The zero-order valence-electron chi connectivity index (χ0n) is 11.9. The highest BCUT2D eigenvalue weighted by molar-refractivity contribution is 6.30. The number of ether oxygens (including phenoxy) is 1. The van der Waals surface area contributed by atoms with E-state index in [0.717, 1.165) is 0 Å². The van der Waals surface area contributed by atoms with E-state index in [1.807, 2.05) is 20.8 Å². The second kappa shape index (κ2) is 6.16. The molecule has 0 saturated carbocycles. The number of alkyl halides is 3. The van der Waals surface area contributed by atoms with E-state index in [4.69, 9.17) is 16.3 Å². The van der Waals surface area contributed by atoms with Gasteiger partial charge in [0.15, 0.2) is 0 Å². The van der Waals surface area contributed by atoms with Crippen LogP contribution in [0.15, 0.2) is 0 Å². The molecule has 1 aromatic rings. The lowest BCUT2D eigenvalue weighted by atomic mass is 9.96. The van der Waals surface area contributed by atoms with Crippen molar-refractivity contribution in [2.75, 3.05) is 6.61 Å². The molecular weight excluding hydrogens is 293 g/mol. The number of aromatic nitrogens is 2. The summed E-state index contributed by atoms with van der Waals surface area (Å²) in [6.45, 7) is 7.37. The maximum Gasteiger partial charge on any atom is 0.389 e. The molecule has 0 aliphatic heterocycles. The van der Waals surface area contributed by atoms with Crippen LogP contribution in [0.25, 0.3) is 0 Å². The topological polar surface area (TPSA) is 35.0 Å². The van der Waals surface area contributed by atoms with Gasteiger partial charge in [-0.15, -0.1) is 0 Å². The first-order valence-electron chi connectivity index (χ1n) is 6.25. The molecule has 0 radical (unpaired) electrons. The van der Waals surface area contributed by atoms with Gasteiger partial charge in [0.25, 0.3) is 0 Å². The average molecular weight is 311 g/mol. The van der Waals surface area contributed by atoms with Crippen LogP contribution in [0.4, 0.5) is 13.2 Å². The molecule has 0 amide bonds. The van der Waals surface area contributed by atoms with Gasteiger partial charge in [0.05, 0.1) is 6.61 Å². The smallest absolute Gasteiger partial charge is 0.389 e. The third-order valence-electron chi connectivity index (χ3n) is 2.56. The van der Waals surface area contributed by atoms with E-state index in [9.17, 15) is 13.2 Å². The molecule has 20 heavy (non-hydrogen) atoms. The van der Waals surface area contributed by atoms with Crippen LogP contribution >= 0.6 is 11.6 Å². The summed E-state index contributed by atoms with van der Waals surface area (Å²) in [7, 11) is 0. The van der Waals surface area contributed by atoms with Gasteiger partial charge in [-0.25, -0.2) is 4.98 Å². The molecule has 3 nitrogen and oxygen atoms in total. The predicted molar refractivity (Wildman–Crippen MR) is 71.3 cm³/mol. The van der Waals surface area contributed by atoms with Crippen molar-refractivity contribution in [3.63, 3.8) is 0 Å². The van der Waals surface area contributed by atoms with E-state index in [1.165, 1.54) is 0 Å². The van der Waals surface area contributed by atoms with Gasteiger partial charge in [0.1, 0.15) is 11.0 Å². The van der Waals surface area contributed by atoms with Crippen LogP contribution in [0, 0.1) is 6.92 Å². The lowest BCUT2D eigenvalue weighted by Gasteiger charge is -2.19. The molecule has 0 atom stereocenters. The number of hydrogen-bond acceptors (Lipinski definition) is 3. The van der Waals surface area contributed by atoms with Crippen molar-refractivity contribution in [2.24, 2.45) is 0 Å². The molecule has 0 saturated heterocycles. The van der Waals surface area contributed by atoms with Gasteiger partial charge in [-0.2, -0.15) is 18.2 Å². The van der Waals surface area contributed by atoms with E-state index >= 15 is 0 Å². The van der Waals surface area contributed by atoms with E-state index in [0.29, 0.717) is 11.4 Å². The fourth-order valence-electron chi connectivity index (χ4n) is 1.39. The molecule has 0 spiro atoms. The molecule has 0 aliphatic carbocycles. The molecule has 0 aliphatic rings. The number of nitrogens with zero attached hydrogens (tertiary/aromatic N) is 2. The summed E-state index contributed by atoms with van der Waals surface area (Å²) in [5.74, 6) is 0.746. The van der Waals surface area contributed by atoms with Crippen molar-refractivity contribution in [3.8, 4) is 5.88 Å². The lowest BCUT2D eigenvalue weighted by molar-refractivity contribution is -0.136. The van der Waals surface area contributed by atoms with Gasteiger partial charge in [0.2, 0.25) is 5.88 Å². The fraction of sp³-hybridized carbons (Fsp3) is 0.692. The largest absolute Gasteiger partial charge is 0.477 e. The van der Waals surface area contributed by atoms with Gasteiger partial charge in [-0.3, -0.25) is 0 Å². The van der Waals surface area contributed by atoms with Crippen molar-refractivity contribution in [2.45, 2.75) is 52.1 Å². The first kappa shape index (κ1) is 17.0. The fourth-order valence-corrected chi connectivity index (χ4v) is 1.55. The minimum absolute atomic E-state index is 0.0583. The summed E-state index contributed by atoms with van der Waals surface area (Å²) in [6.07, 6.45) is -5.16. The van der Waals surface area contributed by atoms with Crippen molar-refractivity contribution in [3.05, 3.63) is 16.5 Å². The van der Waals surface area contributed by atoms with Crippen LogP contribution in [0.5, 0.6) is 5.88 Å². The van der Waals surface area contributed by atoms with E-state index in [2.05, 4.69) is 9.97 Å². The molecule has 1 aromatic heterocycles. The van der Waals surface area contributed by atoms with Crippen molar-refractivity contribution < 1.29 is 17.9 Å². The second-order valence-corrected chi connectivity index (χ2v) is 5.94. The van der Waals surface area contributed by atoms with Crippen LogP contribution < -0.4 is 4.74 Å². The molecule has 0 unspecified atom stereocenters. The quantitative estimate of drug-likeness (QED) is 0.608. The molecule has 1 rings (SSSR count). The van der Waals surface area contributed by atoms with Gasteiger partial charge >= 0.3 is 6.18 Å². The molecule has 114 valence electrons. The van der Waals surface area contributed by atoms with Gasteiger partial charge in [-0.05, 0) is 13.3 Å². The minimum atomic E-state index is -4.17. The SMILES string of the molecule is Cc1c(Cl)nc(C(C)(C)C)nc1OCCCC(F)(F)F. The zero-order chi connectivity index (χ0) is 15.6. The van der Waals surface area contributed by atoms with Crippen molar-refractivity contribution in [1.29, 1.82) is 0 Å². The first-order valence-corrected chi connectivity index (χ1v) is 6.62. The summed E-state index contributed by atoms with van der Waals surface area (Å²) in [4.78, 5) is 8.41. The van der Waals surface area contributed by atoms with Gasteiger partial charge in [-0.1, -0.05) is 32.4 Å². The molecular formula is C13H18ClF3N2O. The Kier molecular flexibility index (Phi) is 5.24. The van der Waals surface area contributed by atoms with Gasteiger partial charge < -0.3 is 4.74 Å². The summed E-state index contributed by atoms with van der Waals surface area (Å²) >= 11 is 6.00. The Balaban J connectivity index is 2.77. The Morgan fingerprint density at radius 1 is 1.15 bits per heavy atom. The third kappa shape index (κ3) is 5.15. The maximum atomic E-state index is 12.0. The lowest BCUT2D eigenvalue weighted by Crippen LogP contribution is -2.18. The Morgan fingerprint density at radius 3 is 2.25 bits per heavy atom. The Hall–Kier alpha value is -1.04. The average Bonchev–Trinajstić information content (AvgIpc) is 2.26. The molecule has 0 N–H and O–H groups in total. The van der Waals surface area contributed by atoms with Crippen LogP contribution in [-0.2, 0) is 5.41 Å². The highest BCUT2D eigenvalue weighted by Gasteiger charge is 2.26. The first-order chi connectivity index (χ1) is 9.00. The standard InChI is InChI=1S/C13H18ClF3N2O/c1-8-9(14)18-11(12(2,3)4)19-10(8)20-7-5-6-13(15,16)17/h5-7H2,1-4H3. The van der Waals surface area contributed by atoms with Crippen LogP contribution in [0.2, 0.25) is 5.15 Å². The molecule has 0 aromatic carbocycles. The maximum absolute atomic E-state index is 12.0. The summed E-state index contributed by atoms with van der Waals surface area (Å²) in [5.41, 5.74) is 0.216. The number of halogens is 4. The second-order valence-electron chi connectivity index (χ2n) is 5.59. The van der Waals surface area contributed by atoms with E-state index in [1.54, 1.807) is 6.92 Å². The Morgan fingerprint density at radius 2 is 1.75 bits per heavy atom. The van der Waals surface area contributed by atoms with Crippen molar-refractivity contribution in [1.82, 2.24) is 9.97 Å². The van der Waals surface area contributed by atoms with Gasteiger partial charge in [0, 0.05) is 17.4 Å².